The number of carbonyl (C=O) groups excluding carboxylic acids is 1. The standard InChI is InChI=1S/C27H23Cl2N3O2S/c1-16-7-10-24(34-2)22(11-16)30-27-31-26(33)25(35-27)13-18-15-32(23-6-4-3-5-19(18)23)14-17-8-9-20(28)21(29)12-17/h3-13,15,27,30H,14H2,1-2H3,(H,31,33)/b25-13-. The number of para-hydroxylation sites is 1. The van der Waals surface area contributed by atoms with Gasteiger partial charge in [0.05, 0.1) is 27.7 Å². The fraction of sp³-hybridized carbons (Fsp3) is 0.148. The van der Waals surface area contributed by atoms with Crippen LogP contribution >= 0.6 is 35.0 Å². The van der Waals surface area contributed by atoms with Gasteiger partial charge in [-0.15, -0.1) is 0 Å². The first-order valence-corrected chi connectivity index (χ1v) is 12.7. The number of aryl methyl sites for hydroxylation is 1. The topological polar surface area (TPSA) is 55.3 Å². The number of thioether (sulfide) groups is 1. The van der Waals surface area contributed by atoms with Gasteiger partial charge in [0.25, 0.3) is 5.91 Å². The number of rotatable bonds is 6. The summed E-state index contributed by atoms with van der Waals surface area (Å²) in [7, 11) is 1.63. The smallest absolute Gasteiger partial charge is 0.260 e. The number of carbonyl (C=O) groups is 1. The number of amides is 1. The molecule has 1 atom stereocenters. The maximum atomic E-state index is 12.8. The van der Waals surface area contributed by atoms with Crippen LogP contribution in [0.2, 0.25) is 10.0 Å². The summed E-state index contributed by atoms with van der Waals surface area (Å²) in [6, 6.07) is 19.7. The maximum Gasteiger partial charge on any atom is 0.260 e. The van der Waals surface area contributed by atoms with Crippen LogP contribution in [-0.4, -0.2) is 23.1 Å². The second kappa shape index (κ2) is 9.90. The van der Waals surface area contributed by atoms with Crippen LogP contribution in [0.3, 0.4) is 0 Å². The highest BCUT2D eigenvalue weighted by Gasteiger charge is 2.28. The van der Waals surface area contributed by atoms with E-state index in [1.807, 2.05) is 61.5 Å². The minimum absolute atomic E-state index is 0.111. The number of aromatic nitrogens is 1. The molecule has 1 aromatic heterocycles. The molecule has 1 saturated heterocycles. The molecule has 0 spiro atoms. The Kier molecular flexibility index (Phi) is 6.69. The van der Waals surface area contributed by atoms with E-state index in [-0.39, 0.29) is 11.4 Å². The molecule has 1 aliphatic heterocycles. The molecule has 5 rings (SSSR count). The van der Waals surface area contributed by atoms with Gasteiger partial charge in [0, 0.05) is 29.2 Å². The van der Waals surface area contributed by atoms with Crippen LogP contribution in [0.25, 0.3) is 17.0 Å². The Balaban J connectivity index is 1.42. The molecule has 2 heterocycles. The molecule has 0 radical (unpaired) electrons. The highest BCUT2D eigenvalue weighted by atomic mass is 35.5. The lowest BCUT2D eigenvalue weighted by molar-refractivity contribution is -0.116. The first-order chi connectivity index (χ1) is 16.9. The summed E-state index contributed by atoms with van der Waals surface area (Å²) < 4.78 is 7.62. The van der Waals surface area contributed by atoms with Crippen LogP contribution in [0, 0.1) is 6.92 Å². The minimum Gasteiger partial charge on any atom is -0.495 e. The fourth-order valence-electron chi connectivity index (χ4n) is 4.14. The van der Waals surface area contributed by atoms with Gasteiger partial charge >= 0.3 is 0 Å². The molecular formula is C27H23Cl2N3O2S. The highest BCUT2D eigenvalue weighted by molar-refractivity contribution is 8.05. The zero-order chi connectivity index (χ0) is 24.5. The number of anilines is 1. The molecule has 35 heavy (non-hydrogen) atoms. The van der Waals surface area contributed by atoms with Gasteiger partial charge in [-0.25, -0.2) is 0 Å². The van der Waals surface area contributed by atoms with Crippen molar-refractivity contribution in [1.82, 2.24) is 9.88 Å². The largest absolute Gasteiger partial charge is 0.495 e. The number of hydrogen-bond acceptors (Lipinski definition) is 4. The summed E-state index contributed by atoms with van der Waals surface area (Å²) in [4.78, 5) is 13.4. The first-order valence-electron chi connectivity index (χ1n) is 11.0. The molecule has 0 aliphatic carbocycles. The normalized spacial score (nSPS) is 16.6. The van der Waals surface area contributed by atoms with Gasteiger partial charge in [0.15, 0.2) is 5.50 Å². The number of halogens is 2. The van der Waals surface area contributed by atoms with Gasteiger partial charge in [0.2, 0.25) is 0 Å². The van der Waals surface area contributed by atoms with E-state index >= 15 is 0 Å². The summed E-state index contributed by atoms with van der Waals surface area (Å²) in [5, 5.41) is 8.52. The Labute approximate surface area is 218 Å². The molecule has 2 N–H and O–H groups in total. The summed E-state index contributed by atoms with van der Waals surface area (Å²) >= 11 is 13.8. The van der Waals surface area contributed by atoms with Gasteiger partial charge in [-0.2, -0.15) is 0 Å². The van der Waals surface area contributed by atoms with Crippen molar-refractivity contribution in [1.29, 1.82) is 0 Å². The first kappa shape index (κ1) is 23.7. The summed E-state index contributed by atoms with van der Waals surface area (Å²) in [6.07, 6.45) is 4.02. The number of benzene rings is 3. The fourth-order valence-corrected chi connectivity index (χ4v) is 5.43. The Morgan fingerprint density at radius 1 is 1.11 bits per heavy atom. The van der Waals surface area contributed by atoms with Crippen LogP contribution in [-0.2, 0) is 11.3 Å². The average Bonchev–Trinajstić information content (AvgIpc) is 3.36. The van der Waals surface area contributed by atoms with Crippen LogP contribution < -0.4 is 15.4 Å². The molecule has 1 unspecified atom stereocenters. The van der Waals surface area contributed by atoms with Gasteiger partial charge in [-0.1, -0.05) is 65.3 Å². The number of hydrogen-bond donors (Lipinski definition) is 2. The second-order valence-corrected chi connectivity index (χ2v) is 10.3. The van der Waals surface area contributed by atoms with E-state index in [0.29, 0.717) is 21.5 Å². The van der Waals surface area contributed by atoms with Crippen LogP contribution in [0.5, 0.6) is 5.75 Å². The lowest BCUT2D eigenvalue weighted by Gasteiger charge is -2.16. The highest BCUT2D eigenvalue weighted by Crippen LogP contribution is 2.35. The predicted molar refractivity (Wildman–Crippen MR) is 146 cm³/mol. The molecule has 178 valence electrons. The zero-order valence-corrected chi connectivity index (χ0v) is 21.5. The van der Waals surface area contributed by atoms with Crippen molar-refractivity contribution in [2.75, 3.05) is 12.4 Å². The molecule has 1 amide bonds. The van der Waals surface area contributed by atoms with E-state index in [2.05, 4.69) is 33.5 Å². The van der Waals surface area contributed by atoms with Crippen molar-refractivity contribution >= 4 is 63.5 Å². The van der Waals surface area contributed by atoms with Crippen molar-refractivity contribution < 1.29 is 9.53 Å². The summed E-state index contributed by atoms with van der Waals surface area (Å²) in [5.41, 5.74) is 4.75. The summed E-state index contributed by atoms with van der Waals surface area (Å²) in [5.74, 6) is 0.619. The molecule has 4 aromatic rings. The number of methoxy groups -OCH3 is 1. The third-order valence-corrected chi connectivity index (χ3v) is 7.58. The minimum atomic E-state index is -0.297. The number of ether oxygens (including phenoxy) is 1. The van der Waals surface area contributed by atoms with Crippen LogP contribution in [0.15, 0.2) is 71.8 Å². The Morgan fingerprint density at radius 3 is 2.74 bits per heavy atom. The molecule has 0 saturated carbocycles. The van der Waals surface area contributed by atoms with E-state index in [0.717, 1.165) is 39.0 Å². The number of nitrogens with one attached hydrogen (secondary N) is 2. The van der Waals surface area contributed by atoms with E-state index in [1.54, 1.807) is 7.11 Å². The van der Waals surface area contributed by atoms with Gasteiger partial charge in [0.1, 0.15) is 5.75 Å². The van der Waals surface area contributed by atoms with E-state index in [1.165, 1.54) is 11.8 Å². The zero-order valence-electron chi connectivity index (χ0n) is 19.1. The third-order valence-electron chi connectivity index (χ3n) is 5.82. The van der Waals surface area contributed by atoms with E-state index in [9.17, 15) is 4.79 Å². The van der Waals surface area contributed by atoms with Gasteiger partial charge in [-0.3, -0.25) is 4.79 Å². The lowest BCUT2D eigenvalue weighted by Crippen LogP contribution is -2.31. The SMILES string of the molecule is COc1ccc(C)cc1NC1NC(=O)/C(=C/c2cn(Cc3ccc(Cl)c(Cl)c3)c3ccccc23)S1. The molecule has 1 aliphatic rings. The molecule has 3 aromatic carbocycles. The van der Waals surface area contributed by atoms with Gasteiger partial charge < -0.3 is 19.9 Å². The molecular weight excluding hydrogens is 501 g/mol. The Bertz CT molecular complexity index is 1460. The molecule has 0 bridgehead atoms. The monoisotopic (exact) mass is 523 g/mol. The lowest BCUT2D eigenvalue weighted by atomic mass is 10.1. The van der Waals surface area contributed by atoms with E-state index < -0.39 is 0 Å². The molecule has 8 heteroatoms. The number of fused-ring (bicyclic) bond motifs is 1. The van der Waals surface area contributed by atoms with Crippen molar-refractivity contribution in [3.05, 3.63) is 98.5 Å². The maximum absolute atomic E-state index is 12.8. The van der Waals surface area contributed by atoms with Gasteiger partial charge in [-0.05, 0) is 54.5 Å². The Morgan fingerprint density at radius 2 is 1.94 bits per heavy atom. The second-order valence-electron chi connectivity index (χ2n) is 8.31. The van der Waals surface area contributed by atoms with Crippen molar-refractivity contribution in [3.8, 4) is 5.75 Å². The van der Waals surface area contributed by atoms with Crippen LogP contribution in [0.1, 0.15) is 16.7 Å². The third kappa shape index (κ3) is 5.01. The van der Waals surface area contributed by atoms with Crippen molar-refractivity contribution in [3.63, 3.8) is 0 Å². The molecule has 5 nitrogen and oxygen atoms in total. The Hall–Kier alpha value is -3.06. The average molecular weight is 524 g/mol. The van der Waals surface area contributed by atoms with Crippen molar-refractivity contribution in [2.24, 2.45) is 0 Å². The summed E-state index contributed by atoms with van der Waals surface area (Å²) in [6.45, 7) is 2.65. The quantitative estimate of drug-likeness (QED) is 0.269. The number of nitrogens with zero attached hydrogens (tertiary/aromatic N) is 1. The molecule has 1 fully saturated rings. The van der Waals surface area contributed by atoms with Crippen LogP contribution in [0.4, 0.5) is 5.69 Å². The van der Waals surface area contributed by atoms with E-state index in [4.69, 9.17) is 27.9 Å². The predicted octanol–water partition coefficient (Wildman–Crippen LogP) is 6.91. The van der Waals surface area contributed by atoms with Crippen molar-refractivity contribution in [2.45, 2.75) is 19.0 Å².